The van der Waals surface area contributed by atoms with Gasteiger partial charge in [0.25, 0.3) is 0 Å². The number of hydrogen-bond acceptors (Lipinski definition) is 3. The zero-order valence-electron chi connectivity index (χ0n) is 13.5. The van der Waals surface area contributed by atoms with Crippen LogP contribution in [0.15, 0.2) is 30.3 Å². The van der Waals surface area contributed by atoms with Crippen LogP contribution in [0.2, 0.25) is 0 Å². The van der Waals surface area contributed by atoms with Gasteiger partial charge in [-0.1, -0.05) is 51.8 Å². The largest absolute Gasteiger partial charge is 0.458 e. The van der Waals surface area contributed by atoms with E-state index in [0.717, 1.165) is 37.9 Å². The lowest BCUT2D eigenvalue weighted by atomic mass is 10.1. The normalized spacial score (nSPS) is 13.7. The molecular formula is C18H28O2S. The van der Waals surface area contributed by atoms with Crippen molar-refractivity contribution in [3.05, 3.63) is 35.9 Å². The van der Waals surface area contributed by atoms with Crippen LogP contribution in [-0.4, -0.2) is 23.1 Å². The Labute approximate surface area is 133 Å². The molecule has 0 saturated carbocycles. The van der Waals surface area contributed by atoms with Crippen molar-refractivity contribution < 1.29 is 9.53 Å². The van der Waals surface area contributed by atoms with Crippen LogP contribution in [0.25, 0.3) is 0 Å². The maximum Gasteiger partial charge on any atom is 0.338 e. The van der Waals surface area contributed by atoms with Gasteiger partial charge in [0.15, 0.2) is 0 Å². The molecule has 0 fully saturated rings. The first-order valence-electron chi connectivity index (χ1n) is 8.10. The summed E-state index contributed by atoms with van der Waals surface area (Å²) in [6, 6.07) is 9.30. The lowest BCUT2D eigenvalue weighted by Gasteiger charge is -2.26. The van der Waals surface area contributed by atoms with E-state index in [0.29, 0.717) is 10.8 Å². The lowest BCUT2D eigenvalue weighted by molar-refractivity contribution is 0.0270. The highest BCUT2D eigenvalue weighted by Gasteiger charge is 2.24. The van der Waals surface area contributed by atoms with Crippen molar-refractivity contribution in [2.45, 2.75) is 64.2 Å². The monoisotopic (exact) mass is 308 g/mol. The number of carbonyl (C=O) groups excluding carboxylic acids is 1. The van der Waals surface area contributed by atoms with Crippen molar-refractivity contribution in [3.8, 4) is 0 Å². The number of benzene rings is 1. The molecule has 1 aromatic rings. The highest BCUT2D eigenvalue weighted by atomic mass is 32.2. The first kappa shape index (κ1) is 18.1. The van der Waals surface area contributed by atoms with Gasteiger partial charge in [0, 0.05) is 5.25 Å². The average Bonchev–Trinajstić information content (AvgIpc) is 2.52. The van der Waals surface area contributed by atoms with Gasteiger partial charge < -0.3 is 4.74 Å². The summed E-state index contributed by atoms with van der Waals surface area (Å²) in [6.07, 6.45) is 5.41. The number of carbonyl (C=O) groups is 1. The van der Waals surface area contributed by atoms with E-state index in [4.69, 9.17) is 4.74 Å². The highest BCUT2D eigenvalue weighted by Crippen LogP contribution is 2.26. The van der Waals surface area contributed by atoms with Crippen LogP contribution in [0, 0.1) is 0 Å². The molecule has 0 spiro atoms. The smallest absolute Gasteiger partial charge is 0.338 e. The second-order valence-electron chi connectivity index (χ2n) is 5.30. The zero-order valence-corrected chi connectivity index (χ0v) is 14.3. The Morgan fingerprint density at radius 1 is 1.05 bits per heavy atom. The van der Waals surface area contributed by atoms with Crippen molar-refractivity contribution in [1.82, 2.24) is 0 Å². The van der Waals surface area contributed by atoms with Gasteiger partial charge in [0.2, 0.25) is 0 Å². The molecule has 1 aromatic carbocycles. The van der Waals surface area contributed by atoms with Gasteiger partial charge >= 0.3 is 5.97 Å². The third-order valence-electron chi connectivity index (χ3n) is 3.37. The topological polar surface area (TPSA) is 26.3 Å². The van der Waals surface area contributed by atoms with Crippen LogP contribution in [0.1, 0.15) is 63.2 Å². The second-order valence-corrected chi connectivity index (χ2v) is 6.64. The Kier molecular flexibility index (Phi) is 9.24. The molecule has 2 nitrogen and oxygen atoms in total. The van der Waals surface area contributed by atoms with Crippen LogP contribution in [0.4, 0.5) is 0 Å². The number of hydrogen-bond donors (Lipinski definition) is 0. The number of thioether (sulfide) groups is 1. The van der Waals surface area contributed by atoms with Crippen molar-refractivity contribution in [2.24, 2.45) is 0 Å². The Balaban J connectivity index is 2.71. The number of ether oxygens (including phenoxy) is 1. The Morgan fingerprint density at radius 3 is 2.29 bits per heavy atom. The first-order valence-corrected chi connectivity index (χ1v) is 9.15. The molecule has 0 heterocycles. The van der Waals surface area contributed by atoms with E-state index in [1.165, 1.54) is 0 Å². The molecule has 118 valence electrons. The molecule has 0 N–H and O–H groups in total. The molecule has 2 atom stereocenters. The quantitative estimate of drug-likeness (QED) is 0.547. The predicted octanol–water partition coefficient (Wildman–Crippen LogP) is 5.32. The van der Waals surface area contributed by atoms with Crippen molar-refractivity contribution in [3.63, 3.8) is 0 Å². The summed E-state index contributed by atoms with van der Waals surface area (Å²) >= 11 is 1.95. The number of esters is 1. The maximum absolute atomic E-state index is 12.3. The van der Waals surface area contributed by atoms with Crippen LogP contribution >= 0.6 is 11.8 Å². The molecule has 3 heteroatoms. The highest BCUT2D eigenvalue weighted by molar-refractivity contribution is 7.99. The van der Waals surface area contributed by atoms with Gasteiger partial charge in [0.05, 0.1) is 5.56 Å². The van der Waals surface area contributed by atoms with Crippen molar-refractivity contribution in [2.75, 3.05) is 5.75 Å². The number of rotatable bonds is 10. The third-order valence-corrected chi connectivity index (χ3v) is 4.98. The van der Waals surface area contributed by atoms with E-state index >= 15 is 0 Å². The van der Waals surface area contributed by atoms with E-state index < -0.39 is 0 Å². The second kappa shape index (κ2) is 10.7. The molecule has 0 unspecified atom stereocenters. The molecule has 21 heavy (non-hydrogen) atoms. The summed E-state index contributed by atoms with van der Waals surface area (Å²) < 4.78 is 5.83. The fraction of sp³-hybridized carbons (Fsp3) is 0.611. The minimum atomic E-state index is -0.188. The van der Waals surface area contributed by atoms with Gasteiger partial charge in [-0.05, 0) is 37.1 Å². The fourth-order valence-electron chi connectivity index (χ4n) is 2.32. The SMILES string of the molecule is CCCS[C@H](CCC)[C@@H](CCC)OC(=O)c1ccccc1. The van der Waals surface area contributed by atoms with Crippen LogP contribution in [0.5, 0.6) is 0 Å². The summed E-state index contributed by atoms with van der Waals surface area (Å²) in [7, 11) is 0. The lowest BCUT2D eigenvalue weighted by Crippen LogP contribution is -2.29. The molecule has 0 aliphatic carbocycles. The van der Waals surface area contributed by atoms with E-state index in [-0.39, 0.29) is 12.1 Å². The van der Waals surface area contributed by atoms with Crippen LogP contribution in [-0.2, 0) is 4.74 Å². The summed E-state index contributed by atoms with van der Waals surface area (Å²) in [5, 5.41) is 0.419. The average molecular weight is 308 g/mol. The third kappa shape index (κ3) is 6.56. The zero-order chi connectivity index (χ0) is 15.5. The van der Waals surface area contributed by atoms with Gasteiger partial charge in [0.1, 0.15) is 6.10 Å². The molecule has 0 aliphatic heterocycles. The summed E-state index contributed by atoms with van der Waals surface area (Å²) in [4.78, 5) is 12.3. The fourth-order valence-corrected chi connectivity index (χ4v) is 3.66. The van der Waals surface area contributed by atoms with E-state index in [2.05, 4.69) is 20.8 Å². The molecule has 0 aliphatic rings. The molecule has 0 bridgehead atoms. The van der Waals surface area contributed by atoms with Gasteiger partial charge in [-0.3, -0.25) is 0 Å². The molecule has 0 aromatic heterocycles. The van der Waals surface area contributed by atoms with Gasteiger partial charge in [-0.2, -0.15) is 11.8 Å². The van der Waals surface area contributed by atoms with Gasteiger partial charge in [-0.25, -0.2) is 4.79 Å². The van der Waals surface area contributed by atoms with E-state index in [1.807, 2.05) is 42.1 Å². The Morgan fingerprint density at radius 2 is 1.71 bits per heavy atom. The molecule has 1 rings (SSSR count). The molecule has 0 amide bonds. The Bertz CT molecular complexity index is 391. The van der Waals surface area contributed by atoms with E-state index in [1.54, 1.807) is 0 Å². The van der Waals surface area contributed by atoms with Crippen molar-refractivity contribution >= 4 is 17.7 Å². The summed E-state index contributed by atoms with van der Waals surface area (Å²) in [5.74, 6) is 0.945. The minimum absolute atomic E-state index is 0.0270. The molecule has 0 saturated heterocycles. The van der Waals surface area contributed by atoms with Crippen molar-refractivity contribution in [1.29, 1.82) is 0 Å². The standard InChI is InChI=1S/C18H28O2S/c1-4-10-16(17(11-5-2)21-14-6-3)20-18(19)15-12-8-7-9-13-15/h7-9,12-13,16-17H,4-6,10-11,14H2,1-3H3/t16-,17-/m1/s1. The summed E-state index contributed by atoms with van der Waals surface area (Å²) in [5.41, 5.74) is 0.648. The predicted molar refractivity (Wildman–Crippen MR) is 92.0 cm³/mol. The molecular weight excluding hydrogens is 280 g/mol. The Hall–Kier alpha value is -0.960. The maximum atomic E-state index is 12.3. The van der Waals surface area contributed by atoms with Crippen LogP contribution < -0.4 is 0 Å². The van der Waals surface area contributed by atoms with Crippen LogP contribution in [0.3, 0.4) is 0 Å². The minimum Gasteiger partial charge on any atom is -0.458 e. The summed E-state index contributed by atoms with van der Waals surface area (Å²) in [6.45, 7) is 6.54. The first-order chi connectivity index (χ1) is 10.2. The van der Waals surface area contributed by atoms with Gasteiger partial charge in [-0.15, -0.1) is 0 Å². The molecule has 0 radical (unpaired) electrons. The van der Waals surface area contributed by atoms with E-state index in [9.17, 15) is 4.79 Å².